The number of aromatic nitrogens is 1. The summed E-state index contributed by atoms with van der Waals surface area (Å²) < 4.78 is 0. The summed E-state index contributed by atoms with van der Waals surface area (Å²) >= 11 is 1.55. The van der Waals surface area contributed by atoms with Gasteiger partial charge < -0.3 is 10.2 Å². The number of rotatable bonds is 5. The van der Waals surface area contributed by atoms with Crippen molar-refractivity contribution in [2.75, 3.05) is 32.7 Å². The van der Waals surface area contributed by atoms with Gasteiger partial charge in [-0.1, -0.05) is 30.3 Å². The summed E-state index contributed by atoms with van der Waals surface area (Å²) in [5, 5.41) is 4.90. The van der Waals surface area contributed by atoms with Gasteiger partial charge in [0.15, 0.2) is 0 Å². The molecule has 2 heterocycles. The minimum atomic E-state index is 0.0145. The molecule has 5 nitrogen and oxygen atoms in total. The summed E-state index contributed by atoms with van der Waals surface area (Å²) in [5.41, 5.74) is 4.08. The van der Waals surface area contributed by atoms with Crippen molar-refractivity contribution in [1.29, 1.82) is 0 Å². The Morgan fingerprint density at radius 3 is 2.65 bits per heavy atom. The average Bonchev–Trinajstić information content (AvgIpc) is 3.13. The van der Waals surface area contributed by atoms with Crippen LogP contribution in [0, 0.1) is 0 Å². The lowest BCUT2D eigenvalue weighted by Gasteiger charge is -2.34. The Balaban J connectivity index is 1.37. The Morgan fingerprint density at radius 2 is 1.96 bits per heavy atom. The first-order chi connectivity index (χ1) is 11.3. The maximum Gasteiger partial charge on any atom is 0.317 e. The van der Waals surface area contributed by atoms with Crippen molar-refractivity contribution in [2.45, 2.75) is 13.0 Å². The number of nitrogens with one attached hydrogen (secondary N) is 1. The van der Waals surface area contributed by atoms with Crippen LogP contribution >= 0.6 is 11.3 Å². The first-order valence-electron chi connectivity index (χ1n) is 7.97. The molecule has 1 saturated heterocycles. The number of hydrogen-bond donors (Lipinski definition) is 1. The maximum atomic E-state index is 12.2. The van der Waals surface area contributed by atoms with Crippen LogP contribution in [0.2, 0.25) is 0 Å². The molecule has 0 aliphatic carbocycles. The van der Waals surface area contributed by atoms with Gasteiger partial charge in [-0.2, -0.15) is 0 Å². The second-order valence-electron chi connectivity index (χ2n) is 5.70. The van der Waals surface area contributed by atoms with E-state index < -0.39 is 0 Å². The molecule has 1 aromatic heterocycles. The van der Waals surface area contributed by atoms with E-state index in [1.807, 2.05) is 16.3 Å². The highest BCUT2D eigenvalue weighted by Gasteiger charge is 2.20. The van der Waals surface area contributed by atoms with Crippen LogP contribution < -0.4 is 5.32 Å². The summed E-state index contributed by atoms with van der Waals surface area (Å²) in [7, 11) is 0. The summed E-state index contributed by atoms with van der Waals surface area (Å²) in [6.45, 7) is 5.03. The molecule has 1 fully saturated rings. The Bertz CT molecular complexity index is 594. The van der Waals surface area contributed by atoms with Crippen LogP contribution in [-0.4, -0.2) is 53.5 Å². The van der Waals surface area contributed by atoms with Gasteiger partial charge in [0.25, 0.3) is 0 Å². The van der Waals surface area contributed by atoms with Gasteiger partial charge in [-0.25, -0.2) is 9.78 Å². The zero-order valence-electron chi connectivity index (χ0n) is 13.1. The standard InChI is InChI=1S/C17H22N4OS/c22-17(18-12-16-13-23-14-19-16)21-10-8-20(9-11-21)7-6-15-4-2-1-3-5-15/h1-5,13-14H,6-12H2,(H,18,22). The Labute approximate surface area is 140 Å². The molecule has 0 saturated carbocycles. The first-order valence-corrected chi connectivity index (χ1v) is 8.91. The topological polar surface area (TPSA) is 48.5 Å². The van der Waals surface area contributed by atoms with Crippen LogP contribution in [0.3, 0.4) is 0 Å². The molecule has 23 heavy (non-hydrogen) atoms. The lowest BCUT2D eigenvalue weighted by Crippen LogP contribution is -2.51. The largest absolute Gasteiger partial charge is 0.332 e. The van der Waals surface area contributed by atoms with Gasteiger partial charge in [0.1, 0.15) is 0 Å². The molecule has 3 rings (SSSR count). The van der Waals surface area contributed by atoms with E-state index in [9.17, 15) is 4.79 Å². The van der Waals surface area contributed by atoms with Crippen molar-refractivity contribution in [3.63, 3.8) is 0 Å². The zero-order valence-corrected chi connectivity index (χ0v) is 14.0. The minimum absolute atomic E-state index is 0.0145. The highest BCUT2D eigenvalue weighted by atomic mass is 32.1. The normalized spacial score (nSPS) is 15.6. The molecule has 2 amide bonds. The predicted octanol–water partition coefficient (Wildman–Crippen LogP) is 2.21. The highest BCUT2D eigenvalue weighted by Crippen LogP contribution is 2.06. The Hall–Kier alpha value is -1.92. The van der Waals surface area contributed by atoms with E-state index in [0.717, 1.165) is 44.8 Å². The van der Waals surface area contributed by atoms with Crippen molar-refractivity contribution in [3.8, 4) is 0 Å². The molecule has 0 atom stereocenters. The number of urea groups is 1. The van der Waals surface area contributed by atoms with Crippen molar-refractivity contribution in [3.05, 3.63) is 52.5 Å². The lowest BCUT2D eigenvalue weighted by molar-refractivity contribution is 0.140. The van der Waals surface area contributed by atoms with Crippen LogP contribution in [0.25, 0.3) is 0 Å². The summed E-state index contributed by atoms with van der Waals surface area (Å²) in [5.74, 6) is 0. The number of thiazole rings is 1. The van der Waals surface area contributed by atoms with Crippen molar-refractivity contribution in [2.24, 2.45) is 0 Å². The van der Waals surface area contributed by atoms with Gasteiger partial charge in [-0.05, 0) is 12.0 Å². The van der Waals surface area contributed by atoms with Crippen molar-refractivity contribution >= 4 is 17.4 Å². The SMILES string of the molecule is O=C(NCc1cscn1)N1CCN(CCc2ccccc2)CC1. The second kappa shape index (κ2) is 8.08. The third-order valence-corrected chi connectivity index (χ3v) is 4.76. The molecule has 1 aliphatic heterocycles. The minimum Gasteiger partial charge on any atom is -0.332 e. The number of amides is 2. The Kier molecular flexibility index (Phi) is 5.60. The van der Waals surface area contributed by atoms with Gasteiger partial charge >= 0.3 is 6.03 Å². The number of piperazine rings is 1. The lowest BCUT2D eigenvalue weighted by atomic mass is 10.1. The van der Waals surface area contributed by atoms with Crippen LogP contribution in [0.4, 0.5) is 4.79 Å². The fourth-order valence-electron chi connectivity index (χ4n) is 2.71. The average molecular weight is 330 g/mol. The van der Waals surface area contributed by atoms with Gasteiger partial charge in [0.05, 0.1) is 17.7 Å². The monoisotopic (exact) mass is 330 g/mol. The van der Waals surface area contributed by atoms with E-state index in [1.54, 1.807) is 16.8 Å². The number of carbonyl (C=O) groups is 1. The molecule has 2 aromatic rings. The molecule has 122 valence electrons. The third kappa shape index (κ3) is 4.77. The van der Waals surface area contributed by atoms with Crippen molar-refractivity contribution < 1.29 is 4.79 Å². The van der Waals surface area contributed by atoms with Crippen LogP contribution in [0.15, 0.2) is 41.2 Å². The van der Waals surface area contributed by atoms with Gasteiger partial charge in [-0.15, -0.1) is 11.3 Å². The molecule has 0 unspecified atom stereocenters. The van der Waals surface area contributed by atoms with Crippen LogP contribution in [0.5, 0.6) is 0 Å². The third-order valence-electron chi connectivity index (χ3n) is 4.12. The molecule has 0 spiro atoms. The molecule has 1 aromatic carbocycles. The molecule has 1 aliphatic rings. The molecular formula is C17H22N4OS. The summed E-state index contributed by atoms with van der Waals surface area (Å²) in [4.78, 5) is 20.6. The number of nitrogens with zero attached hydrogens (tertiary/aromatic N) is 3. The second-order valence-corrected chi connectivity index (χ2v) is 6.42. The highest BCUT2D eigenvalue weighted by molar-refractivity contribution is 7.07. The number of benzene rings is 1. The molecule has 1 N–H and O–H groups in total. The van der Waals surface area contributed by atoms with Gasteiger partial charge in [-0.3, -0.25) is 4.90 Å². The van der Waals surface area contributed by atoms with E-state index in [4.69, 9.17) is 0 Å². The molecule has 0 radical (unpaired) electrons. The van der Waals surface area contributed by atoms with Crippen molar-refractivity contribution in [1.82, 2.24) is 20.1 Å². The van der Waals surface area contributed by atoms with Crippen LogP contribution in [-0.2, 0) is 13.0 Å². The van der Waals surface area contributed by atoms with E-state index in [0.29, 0.717) is 6.54 Å². The quantitative estimate of drug-likeness (QED) is 0.914. The zero-order chi connectivity index (χ0) is 15.9. The van der Waals surface area contributed by atoms with E-state index in [1.165, 1.54) is 5.56 Å². The van der Waals surface area contributed by atoms with Crippen LogP contribution in [0.1, 0.15) is 11.3 Å². The summed E-state index contributed by atoms with van der Waals surface area (Å²) in [6, 6.07) is 10.6. The maximum absolute atomic E-state index is 12.2. The smallest absolute Gasteiger partial charge is 0.317 e. The molecule has 0 bridgehead atoms. The van der Waals surface area contributed by atoms with E-state index in [-0.39, 0.29) is 6.03 Å². The van der Waals surface area contributed by atoms with Gasteiger partial charge in [0.2, 0.25) is 0 Å². The molecular weight excluding hydrogens is 308 g/mol. The molecule has 6 heteroatoms. The first kappa shape index (κ1) is 16.0. The fourth-order valence-corrected chi connectivity index (χ4v) is 3.27. The Morgan fingerprint density at radius 1 is 1.17 bits per heavy atom. The van der Waals surface area contributed by atoms with E-state index in [2.05, 4.69) is 39.5 Å². The number of hydrogen-bond acceptors (Lipinski definition) is 4. The predicted molar refractivity (Wildman–Crippen MR) is 92.5 cm³/mol. The van der Waals surface area contributed by atoms with Gasteiger partial charge in [0, 0.05) is 38.1 Å². The van der Waals surface area contributed by atoms with E-state index >= 15 is 0 Å². The number of carbonyl (C=O) groups excluding carboxylic acids is 1. The summed E-state index contributed by atoms with van der Waals surface area (Å²) in [6.07, 6.45) is 1.07. The fraction of sp³-hybridized carbons (Fsp3) is 0.412.